The van der Waals surface area contributed by atoms with Crippen molar-refractivity contribution >= 4 is 17.5 Å². The molecule has 1 rings (SSSR count). The predicted molar refractivity (Wildman–Crippen MR) is 76.6 cm³/mol. The van der Waals surface area contributed by atoms with Crippen molar-refractivity contribution in [2.24, 2.45) is 0 Å². The molecule has 2 nitrogen and oxygen atoms in total. The summed E-state index contributed by atoms with van der Waals surface area (Å²) in [6, 6.07) is 7.65. The average Bonchev–Trinajstić information content (AvgIpc) is 2.35. The predicted octanol–water partition coefficient (Wildman–Crippen LogP) is 4.04. The zero-order chi connectivity index (χ0) is 13.4. The highest BCUT2D eigenvalue weighted by molar-refractivity contribution is 6.31. The van der Waals surface area contributed by atoms with Gasteiger partial charge in [0.05, 0.1) is 0 Å². The molecule has 1 aromatic carbocycles. The van der Waals surface area contributed by atoms with Crippen LogP contribution in [0.15, 0.2) is 36.4 Å². The van der Waals surface area contributed by atoms with Crippen LogP contribution in [0.1, 0.15) is 32.3 Å². The van der Waals surface area contributed by atoms with Crippen molar-refractivity contribution in [2.45, 2.75) is 33.2 Å². The summed E-state index contributed by atoms with van der Waals surface area (Å²) in [4.78, 5) is 13.4. The minimum atomic E-state index is 0.0832. The van der Waals surface area contributed by atoms with Gasteiger partial charge in [-0.2, -0.15) is 0 Å². The standard InChI is InChI=1S/C15H20ClNO/c1-3-4-5-8-11-17(13(2)18)12-14-9-6-7-10-15(14)16/h4-7,9-10H,3,8,11-12H2,1-2H3/b5-4+. The zero-order valence-electron chi connectivity index (χ0n) is 11.0. The molecule has 0 saturated heterocycles. The number of allylic oxidation sites excluding steroid dienone is 1. The van der Waals surface area contributed by atoms with E-state index in [4.69, 9.17) is 11.6 Å². The minimum absolute atomic E-state index is 0.0832. The second-order valence-corrected chi connectivity index (χ2v) is 4.61. The van der Waals surface area contributed by atoms with Crippen molar-refractivity contribution in [3.8, 4) is 0 Å². The van der Waals surface area contributed by atoms with E-state index in [1.165, 1.54) is 0 Å². The molecule has 0 aliphatic heterocycles. The molecule has 1 aromatic rings. The number of hydrogen-bond donors (Lipinski definition) is 0. The maximum Gasteiger partial charge on any atom is 0.219 e. The smallest absolute Gasteiger partial charge is 0.219 e. The summed E-state index contributed by atoms with van der Waals surface area (Å²) in [6.07, 6.45) is 6.15. The fourth-order valence-corrected chi connectivity index (χ4v) is 1.89. The maximum absolute atomic E-state index is 11.6. The van der Waals surface area contributed by atoms with Crippen LogP contribution in [0.5, 0.6) is 0 Å². The lowest BCUT2D eigenvalue weighted by atomic mass is 10.2. The zero-order valence-corrected chi connectivity index (χ0v) is 11.8. The van der Waals surface area contributed by atoms with Gasteiger partial charge >= 0.3 is 0 Å². The molecule has 0 atom stereocenters. The van der Waals surface area contributed by atoms with Gasteiger partial charge in [-0.25, -0.2) is 0 Å². The SMILES string of the molecule is CC/C=C/CCN(Cc1ccccc1Cl)C(C)=O. The number of hydrogen-bond acceptors (Lipinski definition) is 1. The topological polar surface area (TPSA) is 20.3 Å². The van der Waals surface area contributed by atoms with Crippen molar-refractivity contribution in [1.82, 2.24) is 4.90 Å². The number of nitrogens with zero attached hydrogens (tertiary/aromatic N) is 1. The summed E-state index contributed by atoms with van der Waals surface area (Å²) in [5, 5.41) is 0.716. The molecule has 0 aliphatic rings. The van der Waals surface area contributed by atoms with Crippen LogP contribution in [-0.4, -0.2) is 17.4 Å². The summed E-state index contributed by atoms with van der Waals surface area (Å²) < 4.78 is 0. The lowest BCUT2D eigenvalue weighted by Crippen LogP contribution is -2.29. The van der Waals surface area contributed by atoms with E-state index in [1.54, 1.807) is 6.92 Å². The van der Waals surface area contributed by atoms with Crippen LogP contribution in [-0.2, 0) is 11.3 Å². The van der Waals surface area contributed by atoms with Gasteiger partial charge < -0.3 is 4.90 Å². The molecule has 98 valence electrons. The highest BCUT2D eigenvalue weighted by Gasteiger charge is 2.10. The van der Waals surface area contributed by atoms with E-state index in [9.17, 15) is 4.79 Å². The molecule has 0 N–H and O–H groups in total. The fraction of sp³-hybridized carbons (Fsp3) is 0.400. The van der Waals surface area contributed by atoms with Gasteiger partial charge in [-0.1, -0.05) is 48.9 Å². The van der Waals surface area contributed by atoms with E-state index < -0.39 is 0 Å². The van der Waals surface area contributed by atoms with E-state index in [0.29, 0.717) is 11.6 Å². The Bertz CT molecular complexity index is 415. The molecule has 0 saturated carbocycles. The highest BCUT2D eigenvalue weighted by Crippen LogP contribution is 2.17. The van der Waals surface area contributed by atoms with Crippen molar-refractivity contribution in [2.75, 3.05) is 6.54 Å². The molecule has 1 amide bonds. The Labute approximate surface area is 114 Å². The molecular formula is C15H20ClNO. The van der Waals surface area contributed by atoms with E-state index >= 15 is 0 Å². The van der Waals surface area contributed by atoms with Crippen molar-refractivity contribution in [3.05, 3.63) is 47.0 Å². The van der Waals surface area contributed by atoms with E-state index in [2.05, 4.69) is 19.1 Å². The lowest BCUT2D eigenvalue weighted by molar-refractivity contribution is -0.129. The van der Waals surface area contributed by atoms with Crippen molar-refractivity contribution in [1.29, 1.82) is 0 Å². The minimum Gasteiger partial charge on any atom is -0.338 e. The third-order valence-electron chi connectivity index (χ3n) is 2.73. The molecule has 0 spiro atoms. The van der Waals surface area contributed by atoms with Crippen LogP contribution in [0.4, 0.5) is 0 Å². The molecule has 0 bridgehead atoms. The second-order valence-electron chi connectivity index (χ2n) is 4.20. The van der Waals surface area contributed by atoms with Crippen LogP contribution in [0.3, 0.4) is 0 Å². The van der Waals surface area contributed by atoms with Crippen LogP contribution < -0.4 is 0 Å². The van der Waals surface area contributed by atoms with Gasteiger partial charge in [0.1, 0.15) is 0 Å². The van der Waals surface area contributed by atoms with Gasteiger partial charge in [0, 0.05) is 25.0 Å². The van der Waals surface area contributed by atoms with Gasteiger partial charge in [-0.3, -0.25) is 4.79 Å². The Morgan fingerprint density at radius 3 is 2.67 bits per heavy atom. The Morgan fingerprint density at radius 1 is 1.33 bits per heavy atom. The second kappa shape index (κ2) is 7.93. The largest absolute Gasteiger partial charge is 0.338 e. The molecule has 0 unspecified atom stereocenters. The van der Waals surface area contributed by atoms with Crippen molar-refractivity contribution in [3.63, 3.8) is 0 Å². The van der Waals surface area contributed by atoms with E-state index in [-0.39, 0.29) is 5.91 Å². The fourth-order valence-electron chi connectivity index (χ4n) is 1.69. The third kappa shape index (κ3) is 4.92. The highest BCUT2D eigenvalue weighted by atomic mass is 35.5. The lowest BCUT2D eigenvalue weighted by Gasteiger charge is -2.21. The molecule has 18 heavy (non-hydrogen) atoms. The Balaban J connectivity index is 2.61. The summed E-state index contributed by atoms with van der Waals surface area (Å²) in [5.74, 6) is 0.0832. The Morgan fingerprint density at radius 2 is 2.06 bits per heavy atom. The first-order valence-corrected chi connectivity index (χ1v) is 6.66. The summed E-state index contributed by atoms with van der Waals surface area (Å²) >= 11 is 6.10. The summed E-state index contributed by atoms with van der Waals surface area (Å²) in [5.41, 5.74) is 0.994. The molecule has 0 aromatic heterocycles. The third-order valence-corrected chi connectivity index (χ3v) is 3.10. The van der Waals surface area contributed by atoms with Crippen molar-refractivity contribution < 1.29 is 4.79 Å². The van der Waals surface area contributed by atoms with Gasteiger partial charge in [0.15, 0.2) is 0 Å². The van der Waals surface area contributed by atoms with Gasteiger partial charge in [0.25, 0.3) is 0 Å². The maximum atomic E-state index is 11.6. The Kier molecular flexibility index (Phi) is 6.51. The number of rotatable bonds is 6. The number of amides is 1. The van der Waals surface area contributed by atoms with E-state index in [1.807, 2.05) is 29.2 Å². The van der Waals surface area contributed by atoms with Gasteiger partial charge in [-0.15, -0.1) is 0 Å². The quantitative estimate of drug-likeness (QED) is 0.711. The molecule has 0 heterocycles. The monoisotopic (exact) mass is 265 g/mol. The first kappa shape index (κ1) is 14.8. The molecule has 0 radical (unpaired) electrons. The van der Waals surface area contributed by atoms with Crippen LogP contribution >= 0.6 is 11.6 Å². The summed E-state index contributed by atoms with van der Waals surface area (Å²) in [6.45, 7) is 5.01. The number of halogens is 1. The van der Waals surface area contributed by atoms with Gasteiger partial charge in [0.2, 0.25) is 5.91 Å². The summed E-state index contributed by atoms with van der Waals surface area (Å²) in [7, 11) is 0. The first-order valence-electron chi connectivity index (χ1n) is 6.29. The van der Waals surface area contributed by atoms with Gasteiger partial charge in [-0.05, 0) is 24.5 Å². The molecule has 3 heteroatoms. The Hall–Kier alpha value is -1.28. The normalized spacial score (nSPS) is 10.8. The van der Waals surface area contributed by atoms with Crippen LogP contribution in [0, 0.1) is 0 Å². The van der Waals surface area contributed by atoms with Crippen LogP contribution in [0.2, 0.25) is 5.02 Å². The average molecular weight is 266 g/mol. The number of carbonyl (C=O) groups is 1. The van der Waals surface area contributed by atoms with E-state index in [0.717, 1.165) is 24.9 Å². The number of benzene rings is 1. The molecule has 0 aliphatic carbocycles. The molecule has 0 fully saturated rings. The number of carbonyl (C=O) groups excluding carboxylic acids is 1. The van der Waals surface area contributed by atoms with Crippen LogP contribution in [0.25, 0.3) is 0 Å². The first-order chi connectivity index (χ1) is 8.65. The molecular weight excluding hydrogens is 246 g/mol.